The van der Waals surface area contributed by atoms with E-state index in [1.807, 2.05) is 13.8 Å². The van der Waals surface area contributed by atoms with E-state index in [4.69, 9.17) is 0 Å². The molecule has 0 unspecified atom stereocenters. The van der Waals surface area contributed by atoms with Gasteiger partial charge in [0.25, 0.3) is 0 Å². The van der Waals surface area contributed by atoms with Crippen molar-refractivity contribution in [2.24, 2.45) is 0 Å². The first-order valence-electron chi connectivity index (χ1n) is 8.83. The Morgan fingerprint density at radius 3 is 2.68 bits per heavy atom. The normalized spacial score (nSPS) is 20.6. The number of amides is 1. The summed E-state index contributed by atoms with van der Waals surface area (Å²) in [6.07, 6.45) is 2.71. The first-order valence-corrected chi connectivity index (χ1v) is 11.5. The van der Waals surface area contributed by atoms with Crippen molar-refractivity contribution in [1.29, 1.82) is 0 Å². The monoisotopic (exact) mass is 387 g/mol. The van der Waals surface area contributed by atoms with Crippen LogP contribution in [-0.4, -0.2) is 58.6 Å². The number of sulfone groups is 1. The van der Waals surface area contributed by atoms with Gasteiger partial charge in [-0.15, -0.1) is 0 Å². The van der Waals surface area contributed by atoms with E-state index in [0.29, 0.717) is 6.42 Å². The van der Waals surface area contributed by atoms with Gasteiger partial charge < -0.3 is 9.47 Å². The number of carbonyl (C=O) groups excluding carboxylic acids is 1. The van der Waals surface area contributed by atoms with Crippen LogP contribution >= 0.6 is 11.8 Å². The third-order valence-electron chi connectivity index (χ3n) is 4.89. The molecule has 8 heteroatoms. The number of aromatic nitrogens is 2. The SMILES string of the molecule is CCCCn1c(S[C@H](C)C(=O)N(C)[C@H]2CCS(=O)(=O)C2)nc(C)c1C. The van der Waals surface area contributed by atoms with Gasteiger partial charge in [0.15, 0.2) is 15.0 Å². The first kappa shape index (κ1) is 20.3. The minimum Gasteiger partial charge on any atom is -0.341 e. The van der Waals surface area contributed by atoms with Crippen molar-refractivity contribution in [1.82, 2.24) is 14.5 Å². The summed E-state index contributed by atoms with van der Waals surface area (Å²) in [4.78, 5) is 19.0. The third-order valence-corrected chi connectivity index (χ3v) is 7.72. The van der Waals surface area contributed by atoms with E-state index in [1.54, 1.807) is 11.9 Å². The van der Waals surface area contributed by atoms with Crippen LogP contribution in [0, 0.1) is 13.8 Å². The molecule has 1 aromatic rings. The quantitative estimate of drug-likeness (QED) is 0.672. The summed E-state index contributed by atoms with van der Waals surface area (Å²) in [5.74, 6) is 0.222. The summed E-state index contributed by atoms with van der Waals surface area (Å²) in [7, 11) is -1.28. The Hall–Kier alpha value is -1.02. The molecule has 25 heavy (non-hydrogen) atoms. The molecule has 6 nitrogen and oxygen atoms in total. The second-order valence-corrected chi connectivity index (χ2v) is 10.4. The predicted octanol–water partition coefficient (Wildman–Crippen LogP) is 2.43. The number of carbonyl (C=O) groups is 1. The van der Waals surface area contributed by atoms with Crippen LogP contribution in [0.4, 0.5) is 0 Å². The molecular formula is C17H29N3O3S2. The van der Waals surface area contributed by atoms with Crippen molar-refractivity contribution < 1.29 is 13.2 Å². The zero-order valence-electron chi connectivity index (χ0n) is 15.8. The smallest absolute Gasteiger partial charge is 0.235 e. The fraction of sp³-hybridized carbons (Fsp3) is 0.765. The maximum absolute atomic E-state index is 12.7. The number of aryl methyl sites for hydroxylation is 1. The number of hydrogen-bond acceptors (Lipinski definition) is 5. The highest BCUT2D eigenvalue weighted by Gasteiger charge is 2.34. The van der Waals surface area contributed by atoms with E-state index >= 15 is 0 Å². The minimum absolute atomic E-state index is 0.0348. The molecule has 2 atom stereocenters. The van der Waals surface area contributed by atoms with Gasteiger partial charge in [-0.1, -0.05) is 25.1 Å². The van der Waals surface area contributed by atoms with E-state index in [0.717, 1.165) is 35.9 Å². The molecule has 0 N–H and O–H groups in total. The van der Waals surface area contributed by atoms with Gasteiger partial charge in [0.2, 0.25) is 5.91 Å². The van der Waals surface area contributed by atoms with E-state index in [2.05, 4.69) is 23.4 Å². The summed E-state index contributed by atoms with van der Waals surface area (Å²) in [5, 5.41) is 0.576. The van der Waals surface area contributed by atoms with Crippen molar-refractivity contribution in [2.75, 3.05) is 18.6 Å². The molecule has 0 aliphatic carbocycles. The average Bonchev–Trinajstić information content (AvgIpc) is 3.04. The molecule has 2 heterocycles. The lowest BCUT2D eigenvalue weighted by Gasteiger charge is -2.26. The van der Waals surface area contributed by atoms with Crippen LogP contribution in [-0.2, 0) is 21.2 Å². The van der Waals surface area contributed by atoms with E-state index < -0.39 is 9.84 Å². The lowest BCUT2D eigenvalue weighted by molar-refractivity contribution is -0.130. The molecule has 1 aromatic heterocycles. The maximum atomic E-state index is 12.7. The number of hydrogen-bond donors (Lipinski definition) is 0. The van der Waals surface area contributed by atoms with Crippen LogP contribution in [0.2, 0.25) is 0 Å². The van der Waals surface area contributed by atoms with Crippen LogP contribution in [0.3, 0.4) is 0 Å². The fourth-order valence-electron chi connectivity index (χ4n) is 3.05. The van der Waals surface area contributed by atoms with Crippen LogP contribution in [0.25, 0.3) is 0 Å². The molecule has 1 saturated heterocycles. The molecule has 0 bridgehead atoms. The van der Waals surface area contributed by atoms with E-state index in [1.165, 1.54) is 11.8 Å². The van der Waals surface area contributed by atoms with E-state index in [9.17, 15) is 13.2 Å². The summed E-state index contributed by atoms with van der Waals surface area (Å²) >= 11 is 1.46. The lowest BCUT2D eigenvalue weighted by Crippen LogP contribution is -2.41. The van der Waals surface area contributed by atoms with E-state index in [-0.39, 0.29) is 28.7 Å². The minimum atomic E-state index is -3.00. The Morgan fingerprint density at radius 2 is 2.12 bits per heavy atom. The Balaban J connectivity index is 2.07. The third kappa shape index (κ3) is 4.78. The van der Waals surface area contributed by atoms with Gasteiger partial charge in [-0.2, -0.15) is 0 Å². The number of thioether (sulfide) groups is 1. The van der Waals surface area contributed by atoms with Crippen molar-refractivity contribution >= 4 is 27.5 Å². The number of imidazole rings is 1. The zero-order valence-corrected chi connectivity index (χ0v) is 17.4. The van der Waals surface area contributed by atoms with Crippen LogP contribution in [0.15, 0.2) is 5.16 Å². The number of rotatable bonds is 7. The summed E-state index contributed by atoms with van der Waals surface area (Å²) in [5.41, 5.74) is 2.14. The van der Waals surface area contributed by atoms with Crippen molar-refractivity contribution in [3.8, 4) is 0 Å². The average molecular weight is 388 g/mol. The summed E-state index contributed by atoms with van der Waals surface area (Å²) in [6.45, 7) is 8.98. The maximum Gasteiger partial charge on any atom is 0.235 e. The Bertz CT molecular complexity index is 728. The van der Waals surface area contributed by atoms with Gasteiger partial charge in [0, 0.05) is 25.3 Å². The lowest BCUT2D eigenvalue weighted by atomic mass is 10.2. The standard InChI is InChI=1S/C17H29N3O3S2/c1-6-7-9-20-13(3)12(2)18-17(20)24-14(4)16(21)19(5)15-8-10-25(22,23)11-15/h14-15H,6-11H2,1-5H3/t14-,15+/m1/s1. The predicted molar refractivity (Wildman–Crippen MR) is 102 cm³/mol. The number of unbranched alkanes of at least 4 members (excludes halogenated alkanes) is 1. The van der Waals surface area contributed by atoms with Crippen molar-refractivity contribution in [2.45, 2.75) is 70.0 Å². The summed E-state index contributed by atoms with van der Waals surface area (Å²) in [6, 6.07) is -0.205. The largest absolute Gasteiger partial charge is 0.341 e. The fourth-order valence-corrected chi connectivity index (χ4v) is 5.95. The Kier molecular flexibility index (Phi) is 6.59. The van der Waals surface area contributed by atoms with Crippen LogP contribution in [0.1, 0.15) is 44.5 Å². The van der Waals surface area contributed by atoms with Crippen molar-refractivity contribution in [3.63, 3.8) is 0 Å². The molecule has 2 rings (SSSR count). The Morgan fingerprint density at radius 1 is 1.44 bits per heavy atom. The second-order valence-electron chi connectivity index (χ2n) is 6.84. The topological polar surface area (TPSA) is 72.3 Å². The molecule has 1 fully saturated rings. The highest BCUT2D eigenvalue weighted by atomic mass is 32.2. The second kappa shape index (κ2) is 8.12. The van der Waals surface area contributed by atoms with Crippen molar-refractivity contribution in [3.05, 3.63) is 11.4 Å². The zero-order chi connectivity index (χ0) is 18.8. The molecule has 1 amide bonds. The molecule has 0 radical (unpaired) electrons. The molecular weight excluding hydrogens is 358 g/mol. The molecule has 0 saturated carbocycles. The van der Waals surface area contributed by atoms with Gasteiger partial charge in [-0.25, -0.2) is 13.4 Å². The molecule has 142 valence electrons. The molecule has 1 aliphatic rings. The number of nitrogens with zero attached hydrogens (tertiary/aromatic N) is 3. The first-order chi connectivity index (χ1) is 11.7. The van der Waals surface area contributed by atoms with Gasteiger partial charge in [-0.3, -0.25) is 4.79 Å². The molecule has 1 aliphatic heterocycles. The summed E-state index contributed by atoms with van der Waals surface area (Å²) < 4.78 is 25.5. The highest BCUT2D eigenvalue weighted by Crippen LogP contribution is 2.28. The van der Waals surface area contributed by atoms with Gasteiger partial charge in [0.05, 0.1) is 22.4 Å². The molecule has 0 spiro atoms. The molecule has 0 aromatic carbocycles. The van der Waals surface area contributed by atoms with Gasteiger partial charge in [0.1, 0.15) is 0 Å². The van der Waals surface area contributed by atoms with Crippen LogP contribution in [0.5, 0.6) is 0 Å². The highest BCUT2D eigenvalue weighted by molar-refractivity contribution is 8.00. The van der Waals surface area contributed by atoms with Gasteiger partial charge >= 0.3 is 0 Å². The van der Waals surface area contributed by atoms with Gasteiger partial charge in [-0.05, 0) is 33.6 Å². The van der Waals surface area contributed by atoms with Crippen LogP contribution < -0.4 is 0 Å². The Labute approximate surface area is 155 Å².